The molecule has 0 spiro atoms. The van der Waals surface area contributed by atoms with Gasteiger partial charge in [-0.1, -0.05) is 12.1 Å². The molecule has 15 heavy (non-hydrogen) atoms. The SMILES string of the molecule is CCOCC(N)c1cccc(OCC)c1. The standard InChI is InChI=1S/C12H19NO2/c1-3-14-9-12(13)10-6-5-7-11(8-10)15-4-2/h5-8,12H,3-4,9,13H2,1-2H3. The van der Waals surface area contributed by atoms with Gasteiger partial charge >= 0.3 is 0 Å². The summed E-state index contributed by atoms with van der Waals surface area (Å²) in [6, 6.07) is 7.76. The van der Waals surface area contributed by atoms with Gasteiger partial charge in [-0.2, -0.15) is 0 Å². The van der Waals surface area contributed by atoms with Crippen molar-refractivity contribution in [1.29, 1.82) is 0 Å². The van der Waals surface area contributed by atoms with Crippen LogP contribution in [0.3, 0.4) is 0 Å². The highest BCUT2D eigenvalue weighted by atomic mass is 16.5. The molecule has 0 aliphatic carbocycles. The Hall–Kier alpha value is -1.06. The second-order valence-electron chi connectivity index (χ2n) is 3.27. The van der Waals surface area contributed by atoms with Crippen molar-refractivity contribution in [2.45, 2.75) is 19.9 Å². The molecule has 0 aromatic heterocycles. The first-order chi connectivity index (χ1) is 7.27. The summed E-state index contributed by atoms with van der Waals surface area (Å²) in [4.78, 5) is 0. The highest BCUT2D eigenvalue weighted by Crippen LogP contribution is 2.18. The second kappa shape index (κ2) is 6.43. The molecule has 2 N–H and O–H groups in total. The molecule has 0 radical (unpaired) electrons. The van der Waals surface area contributed by atoms with Crippen LogP contribution in [-0.2, 0) is 4.74 Å². The first-order valence-corrected chi connectivity index (χ1v) is 5.34. The van der Waals surface area contributed by atoms with E-state index in [9.17, 15) is 0 Å². The van der Waals surface area contributed by atoms with Crippen molar-refractivity contribution in [2.24, 2.45) is 5.73 Å². The molecule has 1 aromatic rings. The summed E-state index contributed by atoms with van der Waals surface area (Å²) in [5.74, 6) is 0.863. The van der Waals surface area contributed by atoms with Gasteiger partial charge < -0.3 is 15.2 Å². The molecule has 0 aliphatic heterocycles. The largest absolute Gasteiger partial charge is 0.494 e. The van der Waals surface area contributed by atoms with Gasteiger partial charge in [-0.15, -0.1) is 0 Å². The van der Waals surface area contributed by atoms with Crippen LogP contribution >= 0.6 is 0 Å². The summed E-state index contributed by atoms with van der Waals surface area (Å²) >= 11 is 0. The zero-order valence-electron chi connectivity index (χ0n) is 9.40. The first-order valence-electron chi connectivity index (χ1n) is 5.34. The van der Waals surface area contributed by atoms with Gasteiger partial charge in [0, 0.05) is 6.61 Å². The number of hydrogen-bond donors (Lipinski definition) is 1. The Labute approximate surface area is 91.2 Å². The third-order valence-corrected chi connectivity index (χ3v) is 2.10. The second-order valence-corrected chi connectivity index (χ2v) is 3.27. The van der Waals surface area contributed by atoms with E-state index in [1.165, 1.54) is 0 Å². The fraction of sp³-hybridized carbons (Fsp3) is 0.500. The molecular formula is C12H19NO2. The van der Waals surface area contributed by atoms with Crippen LogP contribution < -0.4 is 10.5 Å². The van der Waals surface area contributed by atoms with E-state index in [-0.39, 0.29) is 6.04 Å². The van der Waals surface area contributed by atoms with Crippen LogP contribution in [0, 0.1) is 0 Å². The Morgan fingerprint density at radius 2 is 2.07 bits per heavy atom. The van der Waals surface area contributed by atoms with Crippen molar-refractivity contribution in [1.82, 2.24) is 0 Å². The van der Waals surface area contributed by atoms with Gasteiger partial charge in [0.1, 0.15) is 5.75 Å². The lowest BCUT2D eigenvalue weighted by Gasteiger charge is -2.13. The van der Waals surface area contributed by atoms with Crippen molar-refractivity contribution in [2.75, 3.05) is 19.8 Å². The Kier molecular flexibility index (Phi) is 5.15. The van der Waals surface area contributed by atoms with E-state index < -0.39 is 0 Å². The number of benzene rings is 1. The van der Waals surface area contributed by atoms with Crippen LogP contribution in [0.15, 0.2) is 24.3 Å². The van der Waals surface area contributed by atoms with Gasteiger partial charge in [0.15, 0.2) is 0 Å². The number of ether oxygens (including phenoxy) is 2. The van der Waals surface area contributed by atoms with Crippen LogP contribution in [0.25, 0.3) is 0 Å². The van der Waals surface area contributed by atoms with Gasteiger partial charge in [-0.25, -0.2) is 0 Å². The lowest BCUT2D eigenvalue weighted by atomic mass is 10.1. The third kappa shape index (κ3) is 3.90. The van der Waals surface area contributed by atoms with Gasteiger partial charge in [0.25, 0.3) is 0 Å². The Morgan fingerprint density at radius 1 is 1.27 bits per heavy atom. The van der Waals surface area contributed by atoms with Crippen molar-refractivity contribution < 1.29 is 9.47 Å². The van der Waals surface area contributed by atoms with Gasteiger partial charge in [0.05, 0.1) is 19.3 Å². The molecular weight excluding hydrogens is 190 g/mol. The van der Waals surface area contributed by atoms with E-state index in [0.717, 1.165) is 11.3 Å². The summed E-state index contributed by atoms with van der Waals surface area (Å²) in [5.41, 5.74) is 7.02. The maximum absolute atomic E-state index is 5.97. The molecule has 1 unspecified atom stereocenters. The van der Waals surface area contributed by atoms with E-state index in [1.54, 1.807) is 0 Å². The van der Waals surface area contributed by atoms with Crippen LogP contribution in [0.4, 0.5) is 0 Å². The maximum atomic E-state index is 5.97. The van der Waals surface area contributed by atoms with Gasteiger partial charge in [-0.05, 0) is 31.5 Å². The van der Waals surface area contributed by atoms with Gasteiger partial charge in [0.2, 0.25) is 0 Å². The minimum absolute atomic E-state index is 0.0784. The molecule has 0 saturated carbocycles. The molecule has 0 aliphatic rings. The highest BCUT2D eigenvalue weighted by Gasteiger charge is 2.06. The maximum Gasteiger partial charge on any atom is 0.119 e. The van der Waals surface area contributed by atoms with Crippen molar-refractivity contribution >= 4 is 0 Å². The fourth-order valence-corrected chi connectivity index (χ4v) is 1.34. The quantitative estimate of drug-likeness (QED) is 0.780. The van der Waals surface area contributed by atoms with Crippen LogP contribution in [0.5, 0.6) is 5.75 Å². The third-order valence-electron chi connectivity index (χ3n) is 2.10. The molecule has 3 heteroatoms. The molecule has 0 heterocycles. The van der Waals surface area contributed by atoms with Crippen molar-refractivity contribution in [3.63, 3.8) is 0 Å². The number of hydrogen-bond acceptors (Lipinski definition) is 3. The van der Waals surface area contributed by atoms with Crippen molar-refractivity contribution in [3.05, 3.63) is 29.8 Å². The van der Waals surface area contributed by atoms with E-state index >= 15 is 0 Å². The predicted molar refractivity (Wildman–Crippen MR) is 61.0 cm³/mol. The molecule has 84 valence electrons. The van der Waals surface area contributed by atoms with E-state index in [0.29, 0.717) is 19.8 Å². The Balaban J connectivity index is 2.62. The molecule has 0 fully saturated rings. The topological polar surface area (TPSA) is 44.5 Å². The summed E-state index contributed by atoms with van der Waals surface area (Å²) in [6.07, 6.45) is 0. The molecule has 3 nitrogen and oxygen atoms in total. The predicted octanol–water partition coefficient (Wildman–Crippen LogP) is 2.12. The monoisotopic (exact) mass is 209 g/mol. The Bertz CT molecular complexity index is 289. The molecule has 0 amide bonds. The van der Waals surface area contributed by atoms with E-state index in [2.05, 4.69) is 0 Å². The van der Waals surface area contributed by atoms with Crippen LogP contribution in [0.1, 0.15) is 25.5 Å². The highest BCUT2D eigenvalue weighted by molar-refractivity contribution is 5.30. The molecule has 0 bridgehead atoms. The first kappa shape index (κ1) is 12.0. The normalized spacial score (nSPS) is 12.5. The van der Waals surface area contributed by atoms with Crippen LogP contribution in [0.2, 0.25) is 0 Å². The minimum Gasteiger partial charge on any atom is -0.494 e. The van der Waals surface area contributed by atoms with Crippen LogP contribution in [-0.4, -0.2) is 19.8 Å². The van der Waals surface area contributed by atoms with E-state index in [1.807, 2.05) is 38.1 Å². The number of rotatable bonds is 6. The minimum atomic E-state index is -0.0784. The van der Waals surface area contributed by atoms with Crippen molar-refractivity contribution in [3.8, 4) is 5.75 Å². The van der Waals surface area contributed by atoms with E-state index in [4.69, 9.17) is 15.2 Å². The summed E-state index contributed by atoms with van der Waals surface area (Å²) < 4.78 is 10.7. The summed E-state index contributed by atoms with van der Waals surface area (Å²) in [7, 11) is 0. The Morgan fingerprint density at radius 3 is 2.73 bits per heavy atom. The zero-order chi connectivity index (χ0) is 11.1. The average Bonchev–Trinajstić information content (AvgIpc) is 2.27. The lowest BCUT2D eigenvalue weighted by molar-refractivity contribution is 0.133. The molecule has 0 saturated heterocycles. The molecule has 1 atom stereocenters. The van der Waals surface area contributed by atoms with Gasteiger partial charge in [-0.3, -0.25) is 0 Å². The molecule has 1 rings (SSSR count). The number of nitrogens with two attached hydrogens (primary N) is 1. The summed E-state index contributed by atoms with van der Waals surface area (Å²) in [6.45, 7) is 5.84. The summed E-state index contributed by atoms with van der Waals surface area (Å²) in [5, 5.41) is 0. The molecule has 1 aromatic carbocycles. The fourth-order valence-electron chi connectivity index (χ4n) is 1.34. The smallest absolute Gasteiger partial charge is 0.119 e. The lowest BCUT2D eigenvalue weighted by Crippen LogP contribution is -2.17. The average molecular weight is 209 g/mol. The zero-order valence-corrected chi connectivity index (χ0v) is 9.40.